The van der Waals surface area contributed by atoms with E-state index < -0.39 is 0 Å². The molecule has 1 fully saturated rings. The third kappa shape index (κ3) is 5.58. The summed E-state index contributed by atoms with van der Waals surface area (Å²) in [4.78, 5) is 23.6. The fourth-order valence-electron chi connectivity index (χ4n) is 2.29. The fourth-order valence-corrected chi connectivity index (χ4v) is 2.55. The number of benzene rings is 1. The van der Waals surface area contributed by atoms with Crippen LogP contribution in [-0.2, 0) is 14.3 Å². The maximum Gasteiger partial charge on any atom is 0.239 e. The fraction of sp³-hybridized carbons (Fsp3) is 0.467. The number of methoxy groups -OCH3 is 1. The average molecular weight is 385 g/mol. The number of hydrogen-bond acceptors (Lipinski definition) is 5. The maximum atomic E-state index is 12.1. The van der Waals surface area contributed by atoms with E-state index in [0.717, 1.165) is 10.0 Å². The zero-order valence-electron chi connectivity index (χ0n) is 12.9. The summed E-state index contributed by atoms with van der Waals surface area (Å²) in [5.41, 5.74) is 7.18. The lowest BCUT2D eigenvalue weighted by Crippen LogP contribution is -2.46. The zero-order valence-corrected chi connectivity index (χ0v) is 14.5. The Kier molecular flexibility index (Phi) is 6.97. The molecule has 0 radical (unpaired) electrons. The van der Waals surface area contributed by atoms with E-state index in [1.807, 2.05) is 24.3 Å². The number of ether oxygens (including phenoxy) is 1. The van der Waals surface area contributed by atoms with Gasteiger partial charge in [0, 0.05) is 24.2 Å². The third-order valence-electron chi connectivity index (χ3n) is 3.54. The van der Waals surface area contributed by atoms with E-state index in [0.29, 0.717) is 19.6 Å². The Morgan fingerprint density at radius 1 is 1.26 bits per heavy atom. The molecule has 1 aromatic carbocycles. The van der Waals surface area contributed by atoms with Crippen LogP contribution in [0.2, 0.25) is 0 Å². The number of nitrogens with one attached hydrogen (secondary N) is 4. The van der Waals surface area contributed by atoms with Crippen molar-refractivity contribution >= 4 is 27.7 Å². The van der Waals surface area contributed by atoms with Gasteiger partial charge in [0.25, 0.3) is 0 Å². The van der Waals surface area contributed by atoms with E-state index in [1.54, 1.807) is 7.11 Å². The van der Waals surface area contributed by atoms with Crippen molar-refractivity contribution in [2.75, 3.05) is 26.8 Å². The highest BCUT2D eigenvalue weighted by Crippen LogP contribution is 2.23. The Bertz CT molecular complexity index is 538. The van der Waals surface area contributed by atoms with Crippen LogP contribution in [0.5, 0.6) is 0 Å². The van der Waals surface area contributed by atoms with Crippen molar-refractivity contribution < 1.29 is 14.3 Å². The summed E-state index contributed by atoms with van der Waals surface area (Å²) in [6.45, 7) is 0.840. The Balaban J connectivity index is 1.74. The van der Waals surface area contributed by atoms with Gasteiger partial charge in [-0.05, 0) is 24.1 Å². The minimum atomic E-state index is -0.365. The van der Waals surface area contributed by atoms with Crippen molar-refractivity contribution in [1.29, 1.82) is 0 Å². The van der Waals surface area contributed by atoms with Gasteiger partial charge in [-0.2, -0.15) is 0 Å². The van der Waals surface area contributed by atoms with Gasteiger partial charge in [-0.3, -0.25) is 9.59 Å². The number of amides is 2. The molecule has 4 N–H and O–H groups in total. The highest BCUT2D eigenvalue weighted by atomic mass is 79.9. The summed E-state index contributed by atoms with van der Waals surface area (Å²) in [5.74, 6) is -0.426. The number of carbonyl (C=O) groups is 2. The molecular weight excluding hydrogens is 364 g/mol. The van der Waals surface area contributed by atoms with Crippen LogP contribution in [0.25, 0.3) is 0 Å². The normalized spacial score (nSPS) is 20.3. The lowest BCUT2D eigenvalue weighted by molar-refractivity contribution is -0.127. The van der Waals surface area contributed by atoms with Gasteiger partial charge < -0.3 is 15.4 Å². The van der Waals surface area contributed by atoms with Crippen LogP contribution < -0.4 is 21.5 Å². The molecule has 0 aromatic heterocycles. The van der Waals surface area contributed by atoms with Gasteiger partial charge in [0.05, 0.1) is 13.2 Å². The van der Waals surface area contributed by atoms with Gasteiger partial charge in [0.2, 0.25) is 11.8 Å². The minimum absolute atomic E-state index is 0.0380. The SMILES string of the molecule is COCCNC(=O)CNC(=O)C1CC(c2ccc(Br)cc2)NN1. The quantitative estimate of drug-likeness (QED) is 0.505. The number of carbonyl (C=O) groups excluding carboxylic acids is 2. The van der Waals surface area contributed by atoms with Crippen LogP contribution in [0.4, 0.5) is 0 Å². The van der Waals surface area contributed by atoms with E-state index >= 15 is 0 Å². The number of hydrogen-bond donors (Lipinski definition) is 4. The summed E-state index contributed by atoms with van der Waals surface area (Å²) in [7, 11) is 1.56. The third-order valence-corrected chi connectivity index (χ3v) is 4.07. The van der Waals surface area contributed by atoms with Crippen LogP contribution in [-0.4, -0.2) is 44.7 Å². The molecule has 1 aliphatic rings. The minimum Gasteiger partial charge on any atom is -0.383 e. The Hall–Kier alpha value is -1.48. The molecule has 0 spiro atoms. The van der Waals surface area contributed by atoms with Gasteiger partial charge in [-0.1, -0.05) is 28.1 Å². The first-order chi connectivity index (χ1) is 11.1. The first-order valence-corrected chi connectivity index (χ1v) is 8.19. The largest absolute Gasteiger partial charge is 0.383 e. The molecule has 8 heteroatoms. The van der Waals surface area contributed by atoms with Crippen molar-refractivity contribution in [3.05, 3.63) is 34.3 Å². The molecule has 1 saturated heterocycles. The summed E-state index contributed by atoms with van der Waals surface area (Å²) < 4.78 is 5.85. The second kappa shape index (κ2) is 8.97. The standard InChI is InChI=1S/C15H21BrN4O3/c1-23-7-6-17-14(21)9-18-15(22)13-8-12(19-20-13)10-2-4-11(16)5-3-10/h2-5,12-13,19-20H,6-9H2,1H3,(H,17,21)(H,18,22). The van der Waals surface area contributed by atoms with Gasteiger partial charge in [0.15, 0.2) is 0 Å². The summed E-state index contributed by atoms with van der Waals surface area (Å²) in [5, 5.41) is 5.28. The number of rotatable bonds is 7. The van der Waals surface area contributed by atoms with E-state index in [2.05, 4.69) is 37.4 Å². The first kappa shape index (κ1) is 17.9. The van der Waals surface area contributed by atoms with E-state index in [-0.39, 0.29) is 30.4 Å². The second-order valence-electron chi connectivity index (χ2n) is 5.24. The summed E-state index contributed by atoms with van der Waals surface area (Å²) in [6, 6.07) is 7.65. The maximum absolute atomic E-state index is 12.1. The molecule has 0 bridgehead atoms. The molecule has 2 unspecified atom stereocenters. The van der Waals surface area contributed by atoms with Crippen molar-refractivity contribution in [1.82, 2.24) is 21.5 Å². The lowest BCUT2D eigenvalue weighted by atomic mass is 10.0. The van der Waals surface area contributed by atoms with Crippen LogP contribution in [0, 0.1) is 0 Å². The van der Waals surface area contributed by atoms with Gasteiger partial charge in [-0.15, -0.1) is 0 Å². The molecule has 2 rings (SSSR count). The molecule has 23 heavy (non-hydrogen) atoms. The van der Waals surface area contributed by atoms with E-state index in [4.69, 9.17) is 4.74 Å². The van der Waals surface area contributed by atoms with Crippen molar-refractivity contribution in [2.45, 2.75) is 18.5 Å². The summed E-state index contributed by atoms with van der Waals surface area (Å²) in [6.07, 6.45) is 0.624. The monoisotopic (exact) mass is 384 g/mol. The topological polar surface area (TPSA) is 91.5 Å². The molecule has 126 valence electrons. The predicted octanol–water partition coefficient (Wildman–Crippen LogP) is 0.236. The smallest absolute Gasteiger partial charge is 0.239 e. The first-order valence-electron chi connectivity index (χ1n) is 7.40. The molecule has 1 heterocycles. The Morgan fingerprint density at radius 2 is 2.00 bits per heavy atom. The number of halogens is 1. The number of hydrazine groups is 1. The lowest BCUT2D eigenvalue weighted by Gasteiger charge is -2.11. The van der Waals surface area contributed by atoms with Crippen LogP contribution >= 0.6 is 15.9 Å². The molecule has 0 saturated carbocycles. The summed E-state index contributed by atoms with van der Waals surface area (Å²) >= 11 is 3.40. The molecule has 1 aromatic rings. The molecule has 2 atom stereocenters. The highest BCUT2D eigenvalue weighted by molar-refractivity contribution is 9.10. The molecule has 1 aliphatic heterocycles. The Morgan fingerprint density at radius 3 is 2.70 bits per heavy atom. The highest BCUT2D eigenvalue weighted by Gasteiger charge is 2.30. The van der Waals surface area contributed by atoms with Crippen LogP contribution in [0.15, 0.2) is 28.7 Å². The molecule has 7 nitrogen and oxygen atoms in total. The van der Waals surface area contributed by atoms with Gasteiger partial charge in [0.1, 0.15) is 6.04 Å². The van der Waals surface area contributed by atoms with Gasteiger partial charge in [-0.25, -0.2) is 10.9 Å². The van der Waals surface area contributed by atoms with E-state index in [1.165, 1.54) is 0 Å². The molecule has 2 amide bonds. The predicted molar refractivity (Wildman–Crippen MR) is 89.5 cm³/mol. The van der Waals surface area contributed by atoms with Crippen molar-refractivity contribution in [2.24, 2.45) is 0 Å². The van der Waals surface area contributed by atoms with Crippen LogP contribution in [0.1, 0.15) is 18.0 Å². The van der Waals surface area contributed by atoms with Gasteiger partial charge >= 0.3 is 0 Å². The van der Waals surface area contributed by atoms with Crippen molar-refractivity contribution in [3.63, 3.8) is 0 Å². The average Bonchev–Trinajstić information content (AvgIpc) is 3.03. The van der Waals surface area contributed by atoms with Crippen LogP contribution in [0.3, 0.4) is 0 Å². The molecular formula is C15H21BrN4O3. The van der Waals surface area contributed by atoms with E-state index in [9.17, 15) is 9.59 Å². The Labute approximate surface area is 143 Å². The van der Waals surface area contributed by atoms with Crippen molar-refractivity contribution in [3.8, 4) is 0 Å². The zero-order chi connectivity index (χ0) is 16.7. The second-order valence-corrected chi connectivity index (χ2v) is 6.16. The molecule has 0 aliphatic carbocycles.